The van der Waals surface area contributed by atoms with Gasteiger partial charge in [-0.25, -0.2) is 0 Å². The Morgan fingerprint density at radius 1 is 0.966 bits per heavy atom. The number of hydrogen-bond donors (Lipinski definition) is 3. The molecule has 3 N–H and O–H groups in total. The molecule has 0 unspecified atom stereocenters. The molecule has 0 aliphatic rings. The molecule has 0 fully saturated rings. The molecule has 0 radical (unpaired) electrons. The summed E-state index contributed by atoms with van der Waals surface area (Å²) < 4.78 is 11.0. The number of hydrogen-bond acceptors (Lipinski definition) is 5. The lowest BCUT2D eigenvalue weighted by Crippen LogP contribution is -2.49. The van der Waals surface area contributed by atoms with Crippen LogP contribution in [-0.2, 0) is 4.79 Å². The summed E-state index contributed by atoms with van der Waals surface area (Å²) in [6.07, 6.45) is 0. The van der Waals surface area contributed by atoms with Crippen molar-refractivity contribution in [1.82, 2.24) is 16.2 Å². The number of carbonyl (C=O) groups excluding carboxylic acids is 2. The van der Waals surface area contributed by atoms with Crippen molar-refractivity contribution in [3.63, 3.8) is 0 Å². The molecule has 0 aliphatic carbocycles. The van der Waals surface area contributed by atoms with Gasteiger partial charge in [0.05, 0.1) is 12.2 Å². The number of rotatable bonds is 7. The van der Waals surface area contributed by atoms with Gasteiger partial charge in [-0.05, 0) is 48.8 Å². The van der Waals surface area contributed by atoms with Gasteiger partial charge in [0.2, 0.25) is 0 Å². The van der Waals surface area contributed by atoms with Gasteiger partial charge in [0.15, 0.2) is 11.7 Å². The first-order valence-electron chi connectivity index (χ1n) is 9.26. The van der Waals surface area contributed by atoms with Crippen molar-refractivity contribution >= 4 is 29.1 Å². The fourth-order valence-electron chi connectivity index (χ4n) is 2.53. The third-order valence-electron chi connectivity index (χ3n) is 3.87. The predicted molar refractivity (Wildman–Crippen MR) is 115 cm³/mol. The maximum absolute atomic E-state index is 12.4. The molecule has 0 atom stereocenters. The average Bonchev–Trinajstić information content (AvgIpc) is 2.71. The van der Waals surface area contributed by atoms with Crippen LogP contribution in [0, 0.1) is 0 Å². The molecule has 154 valence electrons. The van der Waals surface area contributed by atoms with Crippen LogP contribution in [0.2, 0.25) is 0 Å². The summed E-state index contributed by atoms with van der Waals surface area (Å²) in [5.74, 6) is 0.505. The van der Waals surface area contributed by atoms with Crippen molar-refractivity contribution in [1.29, 1.82) is 0 Å². The van der Waals surface area contributed by atoms with Crippen LogP contribution in [0.3, 0.4) is 0 Å². The first-order valence-corrected chi connectivity index (χ1v) is 9.66. The number of para-hydroxylation sites is 2. The molecule has 2 aromatic rings. The van der Waals surface area contributed by atoms with Crippen LogP contribution in [0.4, 0.5) is 0 Å². The van der Waals surface area contributed by atoms with Gasteiger partial charge < -0.3 is 9.47 Å². The minimum atomic E-state index is -0.442. The van der Waals surface area contributed by atoms with Gasteiger partial charge in [-0.2, -0.15) is 0 Å². The molecular weight excluding hydrogens is 390 g/mol. The lowest BCUT2D eigenvalue weighted by atomic mass is 10.0. The second kappa shape index (κ2) is 11.0. The smallest absolute Gasteiger partial charge is 0.276 e. The second-order valence-corrected chi connectivity index (χ2v) is 6.78. The lowest BCUT2D eigenvalue weighted by Gasteiger charge is -2.15. The lowest BCUT2D eigenvalue weighted by molar-refractivity contribution is -0.123. The Labute approximate surface area is 175 Å². The zero-order chi connectivity index (χ0) is 21.2. The van der Waals surface area contributed by atoms with Gasteiger partial charge in [-0.3, -0.25) is 25.8 Å². The van der Waals surface area contributed by atoms with Crippen LogP contribution in [0.5, 0.6) is 11.5 Å². The first-order chi connectivity index (χ1) is 13.9. The fraction of sp³-hybridized carbons (Fsp3) is 0.286. The Kier molecular flexibility index (Phi) is 8.42. The molecule has 0 heterocycles. The normalized spacial score (nSPS) is 10.2. The number of hydrazine groups is 1. The molecule has 0 aliphatic heterocycles. The van der Waals surface area contributed by atoms with E-state index in [2.05, 4.69) is 30.0 Å². The molecule has 7 nitrogen and oxygen atoms in total. The van der Waals surface area contributed by atoms with E-state index < -0.39 is 11.8 Å². The molecule has 0 bridgehead atoms. The van der Waals surface area contributed by atoms with Crippen LogP contribution < -0.4 is 25.6 Å². The minimum absolute atomic E-state index is 0.0442. The van der Waals surface area contributed by atoms with E-state index in [1.165, 1.54) is 0 Å². The third-order valence-corrected chi connectivity index (χ3v) is 4.08. The van der Waals surface area contributed by atoms with E-state index in [1.54, 1.807) is 24.3 Å². The Morgan fingerprint density at radius 3 is 2.31 bits per heavy atom. The van der Waals surface area contributed by atoms with Gasteiger partial charge >= 0.3 is 0 Å². The number of amides is 2. The number of carbonyl (C=O) groups is 2. The van der Waals surface area contributed by atoms with Crippen LogP contribution >= 0.6 is 12.2 Å². The summed E-state index contributed by atoms with van der Waals surface area (Å²) in [5, 5.41) is 2.45. The molecule has 0 saturated heterocycles. The molecule has 0 spiro atoms. The predicted octanol–water partition coefficient (Wildman–Crippen LogP) is 2.92. The van der Waals surface area contributed by atoms with E-state index in [9.17, 15) is 9.59 Å². The van der Waals surface area contributed by atoms with E-state index >= 15 is 0 Å². The topological polar surface area (TPSA) is 88.7 Å². The van der Waals surface area contributed by atoms with Crippen molar-refractivity contribution in [2.75, 3.05) is 13.2 Å². The van der Waals surface area contributed by atoms with Gasteiger partial charge in [0.1, 0.15) is 11.5 Å². The summed E-state index contributed by atoms with van der Waals surface area (Å²) in [6.45, 7) is 6.17. The van der Waals surface area contributed by atoms with Crippen LogP contribution in [0.15, 0.2) is 48.5 Å². The van der Waals surface area contributed by atoms with Crippen molar-refractivity contribution in [2.24, 2.45) is 0 Å². The molecule has 2 rings (SSSR count). The van der Waals surface area contributed by atoms with Crippen LogP contribution in [0.1, 0.15) is 42.6 Å². The monoisotopic (exact) mass is 415 g/mol. The second-order valence-electron chi connectivity index (χ2n) is 6.37. The number of benzene rings is 2. The minimum Gasteiger partial charge on any atom is -0.493 e. The number of nitrogens with one attached hydrogen (secondary N) is 3. The molecule has 29 heavy (non-hydrogen) atoms. The van der Waals surface area contributed by atoms with Gasteiger partial charge in [0, 0.05) is 0 Å². The standard InChI is InChI=1S/C21H25N3O4S/c1-4-27-18-12-8-6-10-16(18)20(26)22-21(29)24-23-19(25)13-28-17-11-7-5-9-15(17)14(2)3/h5-12,14H,4,13H2,1-3H3,(H,23,25)(H2,22,24,26,29). The van der Waals surface area contributed by atoms with E-state index in [0.717, 1.165) is 5.56 Å². The highest BCUT2D eigenvalue weighted by molar-refractivity contribution is 7.80. The van der Waals surface area contributed by atoms with Crippen LogP contribution in [-0.4, -0.2) is 30.1 Å². The largest absolute Gasteiger partial charge is 0.493 e. The zero-order valence-electron chi connectivity index (χ0n) is 16.7. The fourth-order valence-corrected chi connectivity index (χ4v) is 2.68. The Morgan fingerprint density at radius 2 is 1.62 bits per heavy atom. The molecule has 0 aromatic heterocycles. The summed E-state index contributed by atoms with van der Waals surface area (Å²) >= 11 is 5.05. The Balaban J connectivity index is 1.82. The maximum Gasteiger partial charge on any atom is 0.276 e. The maximum atomic E-state index is 12.4. The Bertz CT molecular complexity index is 871. The van der Waals surface area contributed by atoms with Crippen molar-refractivity contribution in [2.45, 2.75) is 26.7 Å². The van der Waals surface area contributed by atoms with E-state index in [0.29, 0.717) is 23.7 Å². The number of ether oxygens (including phenoxy) is 2. The van der Waals surface area contributed by atoms with Crippen LogP contribution in [0.25, 0.3) is 0 Å². The van der Waals surface area contributed by atoms with E-state index in [1.807, 2.05) is 31.2 Å². The summed E-state index contributed by atoms with van der Waals surface area (Å²) in [5.41, 5.74) is 6.25. The summed E-state index contributed by atoms with van der Waals surface area (Å²) in [4.78, 5) is 24.4. The van der Waals surface area contributed by atoms with E-state index in [4.69, 9.17) is 21.7 Å². The molecule has 8 heteroatoms. The first kappa shape index (κ1) is 22.2. The van der Waals surface area contributed by atoms with Crippen molar-refractivity contribution in [3.05, 3.63) is 59.7 Å². The van der Waals surface area contributed by atoms with Gasteiger partial charge in [-0.15, -0.1) is 0 Å². The summed E-state index contributed by atoms with van der Waals surface area (Å²) in [6, 6.07) is 14.4. The van der Waals surface area contributed by atoms with Gasteiger partial charge in [0.25, 0.3) is 11.8 Å². The molecule has 2 amide bonds. The van der Waals surface area contributed by atoms with E-state index in [-0.39, 0.29) is 17.6 Å². The zero-order valence-corrected chi connectivity index (χ0v) is 17.5. The number of thiocarbonyl (C=S) groups is 1. The van der Waals surface area contributed by atoms with Crippen molar-refractivity contribution < 1.29 is 19.1 Å². The molecule has 0 saturated carbocycles. The van der Waals surface area contributed by atoms with Gasteiger partial charge in [-0.1, -0.05) is 44.2 Å². The quantitative estimate of drug-likeness (QED) is 0.476. The highest BCUT2D eigenvalue weighted by Crippen LogP contribution is 2.25. The third kappa shape index (κ3) is 6.76. The highest BCUT2D eigenvalue weighted by Gasteiger charge is 2.14. The van der Waals surface area contributed by atoms with Crippen molar-refractivity contribution in [3.8, 4) is 11.5 Å². The highest BCUT2D eigenvalue weighted by atomic mass is 32.1. The summed E-state index contributed by atoms with van der Waals surface area (Å²) in [7, 11) is 0. The average molecular weight is 416 g/mol. The molecular formula is C21H25N3O4S. The SMILES string of the molecule is CCOc1ccccc1C(=O)NC(=S)NNC(=O)COc1ccccc1C(C)C. The molecule has 2 aromatic carbocycles. The Hall–Kier alpha value is -3.13.